The van der Waals surface area contributed by atoms with E-state index in [2.05, 4.69) is 27.3 Å². The molecule has 11 nitrogen and oxygen atoms in total. The van der Waals surface area contributed by atoms with E-state index in [1.807, 2.05) is 40.6 Å². The van der Waals surface area contributed by atoms with Crippen LogP contribution < -0.4 is 10.1 Å². The highest BCUT2D eigenvalue weighted by atomic mass is 79.9. The van der Waals surface area contributed by atoms with Gasteiger partial charge in [0.05, 0.1) is 38.2 Å². The van der Waals surface area contributed by atoms with Crippen LogP contribution in [0.15, 0.2) is 41.8 Å². The lowest BCUT2D eigenvalue weighted by Gasteiger charge is -2.35. The van der Waals surface area contributed by atoms with Gasteiger partial charge in [-0.2, -0.15) is 0 Å². The number of halogens is 1. The van der Waals surface area contributed by atoms with E-state index in [4.69, 9.17) is 19.2 Å². The number of carbonyl (C=O) groups is 3. The highest BCUT2D eigenvalue weighted by Crippen LogP contribution is 2.40. The first-order valence-electron chi connectivity index (χ1n) is 17.2. The average Bonchev–Trinajstić information content (AvgIpc) is 3.81. The Balaban J connectivity index is 1.30. The number of likely N-dealkylation sites (tertiary alicyclic amines) is 1. The molecule has 13 heteroatoms. The van der Waals surface area contributed by atoms with E-state index in [9.17, 15) is 19.5 Å². The van der Waals surface area contributed by atoms with Gasteiger partial charge in [0.25, 0.3) is 0 Å². The largest absolute Gasteiger partial charge is 0.491 e. The zero-order chi connectivity index (χ0) is 34.8. The number of nitrogens with zero attached hydrogens (tertiary/aromatic N) is 3. The van der Waals surface area contributed by atoms with Crippen LogP contribution in [-0.2, 0) is 19.1 Å². The fourth-order valence-corrected chi connectivity index (χ4v) is 7.90. The van der Waals surface area contributed by atoms with Crippen molar-refractivity contribution >= 4 is 55.9 Å². The van der Waals surface area contributed by atoms with E-state index in [-0.39, 0.29) is 17.9 Å². The number of aromatic nitrogens is 1. The predicted octanol–water partition coefficient (Wildman–Crippen LogP) is 6.50. The summed E-state index contributed by atoms with van der Waals surface area (Å²) in [6, 6.07) is 10.3. The standard InChI is InChI=1S/C36H47BrN4O7S/c1-24(40(2)36(44)45)33(42)39-32(25-9-4-3-5-10-25)35(43)41-17-8-13-30(41)34-38-29(23-49-34)27-14-15-31(28-12-7-6-11-26(27)28)48-22-21-47-20-19-46-18-16-37/h6-7,11-12,14-15,23-25,30,32H,3-5,8-10,13,16-22H2,1-2H3,(H,39,42)(H,44,45)/t24?,30?,32-/m0/s1. The predicted molar refractivity (Wildman–Crippen MR) is 193 cm³/mol. The molecule has 0 spiro atoms. The van der Waals surface area contributed by atoms with Gasteiger partial charge < -0.3 is 29.5 Å². The van der Waals surface area contributed by atoms with Gasteiger partial charge in [-0.15, -0.1) is 11.3 Å². The minimum absolute atomic E-state index is 0.0115. The molecule has 3 amide bonds. The van der Waals surface area contributed by atoms with Gasteiger partial charge in [-0.25, -0.2) is 9.78 Å². The minimum Gasteiger partial charge on any atom is -0.491 e. The van der Waals surface area contributed by atoms with Crippen molar-refractivity contribution in [1.29, 1.82) is 0 Å². The Kier molecular flexibility index (Phi) is 13.7. The van der Waals surface area contributed by atoms with Crippen molar-refractivity contribution in [3.63, 3.8) is 0 Å². The normalized spacial score (nSPS) is 17.9. The van der Waals surface area contributed by atoms with Gasteiger partial charge in [-0.1, -0.05) is 59.5 Å². The molecule has 2 aromatic carbocycles. The number of amides is 3. The Hall–Kier alpha value is -3.26. The fraction of sp³-hybridized carbons (Fsp3) is 0.556. The van der Waals surface area contributed by atoms with Crippen LogP contribution in [0.25, 0.3) is 22.0 Å². The number of carbonyl (C=O) groups excluding carboxylic acids is 2. The molecule has 1 saturated heterocycles. The topological polar surface area (TPSA) is 131 Å². The maximum absolute atomic E-state index is 14.3. The summed E-state index contributed by atoms with van der Waals surface area (Å²) in [5.74, 6) is 0.231. The van der Waals surface area contributed by atoms with E-state index in [1.54, 1.807) is 18.3 Å². The molecular weight excluding hydrogens is 712 g/mol. The number of fused-ring (bicyclic) bond motifs is 1. The molecule has 1 saturated carbocycles. The van der Waals surface area contributed by atoms with Crippen LogP contribution in [0.4, 0.5) is 4.79 Å². The van der Waals surface area contributed by atoms with Crippen LogP contribution >= 0.6 is 27.3 Å². The Bertz CT molecular complexity index is 1570. The van der Waals surface area contributed by atoms with Crippen molar-refractivity contribution in [3.05, 3.63) is 46.8 Å². The molecule has 2 fully saturated rings. The molecule has 1 aromatic heterocycles. The van der Waals surface area contributed by atoms with Gasteiger partial charge in [-0.05, 0) is 56.0 Å². The second-order valence-electron chi connectivity index (χ2n) is 12.6. The summed E-state index contributed by atoms with van der Waals surface area (Å²) in [7, 11) is 1.37. The van der Waals surface area contributed by atoms with Crippen LogP contribution in [0, 0.1) is 5.92 Å². The van der Waals surface area contributed by atoms with Crippen LogP contribution in [-0.4, -0.2) is 102 Å². The zero-order valence-corrected chi connectivity index (χ0v) is 30.7. The second-order valence-corrected chi connectivity index (χ2v) is 14.3. The minimum atomic E-state index is -1.19. The molecule has 0 radical (unpaired) electrons. The van der Waals surface area contributed by atoms with Gasteiger partial charge in [0.15, 0.2) is 0 Å². The summed E-state index contributed by atoms with van der Waals surface area (Å²) >= 11 is 4.89. The Morgan fingerprint density at radius 2 is 1.71 bits per heavy atom. The van der Waals surface area contributed by atoms with Crippen molar-refractivity contribution in [3.8, 4) is 17.0 Å². The smallest absolute Gasteiger partial charge is 0.407 e. The fourth-order valence-electron chi connectivity index (χ4n) is 6.70. The number of hydrogen-bond acceptors (Lipinski definition) is 8. The molecule has 3 atom stereocenters. The van der Waals surface area contributed by atoms with Crippen LogP contribution in [0.5, 0.6) is 5.75 Å². The number of hydrogen-bond donors (Lipinski definition) is 2. The average molecular weight is 760 g/mol. The van der Waals surface area contributed by atoms with Crippen LogP contribution in [0.1, 0.15) is 62.9 Å². The Morgan fingerprint density at radius 1 is 1.00 bits per heavy atom. The molecule has 2 aliphatic rings. The van der Waals surface area contributed by atoms with E-state index in [1.165, 1.54) is 7.05 Å². The van der Waals surface area contributed by atoms with E-state index >= 15 is 0 Å². The van der Waals surface area contributed by atoms with Crippen LogP contribution in [0.2, 0.25) is 0 Å². The molecule has 2 unspecified atom stereocenters. The number of likely N-dealkylation sites (N-methyl/N-ethyl adjacent to an activating group) is 1. The zero-order valence-electron chi connectivity index (χ0n) is 28.3. The molecule has 49 heavy (non-hydrogen) atoms. The molecule has 3 aromatic rings. The Labute approximate surface area is 300 Å². The van der Waals surface area contributed by atoms with Crippen LogP contribution in [0.3, 0.4) is 0 Å². The van der Waals surface area contributed by atoms with E-state index < -0.39 is 24.1 Å². The summed E-state index contributed by atoms with van der Waals surface area (Å²) in [6.07, 6.45) is 5.28. The summed E-state index contributed by atoms with van der Waals surface area (Å²) in [6.45, 7) is 4.75. The number of benzene rings is 2. The highest BCUT2D eigenvalue weighted by molar-refractivity contribution is 9.09. The maximum Gasteiger partial charge on any atom is 0.407 e. The molecule has 1 aliphatic heterocycles. The first-order chi connectivity index (χ1) is 23.8. The number of nitrogens with one attached hydrogen (secondary N) is 1. The monoisotopic (exact) mass is 758 g/mol. The first-order valence-corrected chi connectivity index (χ1v) is 19.2. The lowest BCUT2D eigenvalue weighted by Crippen LogP contribution is -2.56. The maximum atomic E-state index is 14.3. The number of thiazole rings is 1. The SMILES string of the molecule is CC(C(=O)N[C@H](C(=O)N1CCCC1c1nc(-c2ccc(OCCOCCOCCBr)c3ccccc23)cs1)C1CCCCC1)N(C)C(=O)O. The van der Waals surface area contributed by atoms with Crippen molar-refractivity contribution in [2.45, 2.75) is 70.0 Å². The third kappa shape index (κ3) is 9.30. The molecular formula is C36H47BrN4O7S. The van der Waals surface area contributed by atoms with Crippen molar-refractivity contribution in [1.82, 2.24) is 20.1 Å². The quantitative estimate of drug-likeness (QED) is 0.125. The number of carboxylic acid groups (broad SMARTS) is 1. The van der Waals surface area contributed by atoms with Gasteiger partial charge in [0.2, 0.25) is 11.8 Å². The van der Waals surface area contributed by atoms with Gasteiger partial charge in [0.1, 0.15) is 29.4 Å². The molecule has 1 aliphatic carbocycles. The molecule has 2 heterocycles. The molecule has 5 rings (SSSR count). The Morgan fingerprint density at radius 3 is 2.45 bits per heavy atom. The highest BCUT2D eigenvalue weighted by Gasteiger charge is 2.40. The third-order valence-electron chi connectivity index (χ3n) is 9.53. The number of alkyl halides is 1. The summed E-state index contributed by atoms with van der Waals surface area (Å²) < 4.78 is 17.2. The molecule has 266 valence electrons. The summed E-state index contributed by atoms with van der Waals surface area (Å²) in [5.41, 5.74) is 1.84. The van der Waals surface area contributed by atoms with Crippen molar-refractivity contribution in [2.24, 2.45) is 5.92 Å². The molecule has 2 N–H and O–H groups in total. The first kappa shape index (κ1) is 37.0. The van der Waals surface area contributed by atoms with E-state index in [0.717, 1.165) is 88.0 Å². The number of ether oxygens (including phenoxy) is 3. The number of rotatable bonds is 16. The van der Waals surface area contributed by atoms with Gasteiger partial charge >= 0.3 is 6.09 Å². The van der Waals surface area contributed by atoms with Gasteiger partial charge in [0, 0.05) is 35.3 Å². The lowest BCUT2D eigenvalue weighted by molar-refractivity contribution is -0.140. The third-order valence-corrected chi connectivity index (χ3v) is 10.8. The lowest BCUT2D eigenvalue weighted by atomic mass is 9.83. The molecule has 0 bridgehead atoms. The van der Waals surface area contributed by atoms with Crippen molar-refractivity contribution < 1.29 is 33.7 Å². The van der Waals surface area contributed by atoms with Crippen molar-refractivity contribution in [2.75, 3.05) is 52.0 Å². The summed E-state index contributed by atoms with van der Waals surface area (Å²) in [4.78, 5) is 47.0. The van der Waals surface area contributed by atoms with E-state index in [0.29, 0.717) is 39.6 Å². The second kappa shape index (κ2) is 18.1. The van der Waals surface area contributed by atoms with Gasteiger partial charge in [-0.3, -0.25) is 14.5 Å². The summed E-state index contributed by atoms with van der Waals surface area (Å²) in [5, 5.41) is 18.1.